The number of fused-ring (bicyclic) bond motifs is 1. The van der Waals surface area contributed by atoms with E-state index in [-0.39, 0.29) is 17.4 Å². The zero-order chi connectivity index (χ0) is 17.8. The molecular formula is C17H11ClN2O5. The van der Waals surface area contributed by atoms with Crippen molar-refractivity contribution in [1.82, 2.24) is 0 Å². The number of carbonyl (C=O) groups excluding carboxylic acids is 2. The van der Waals surface area contributed by atoms with E-state index in [1.807, 2.05) is 6.07 Å². The fraction of sp³-hybridized carbons (Fsp3) is 0.118. The van der Waals surface area contributed by atoms with Gasteiger partial charge in [0.25, 0.3) is 5.91 Å². The van der Waals surface area contributed by atoms with Gasteiger partial charge in [-0.05, 0) is 36.4 Å². The fourth-order valence-corrected chi connectivity index (χ4v) is 2.34. The molecule has 2 aromatic carbocycles. The molecule has 0 aromatic heterocycles. The van der Waals surface area contributed by atoms with E-state index in [9.17, 15) is 9.59 Å². The van der Waals surface area contributed by atoms with Crippen LogP contribution < -0.4 is 14.8 Å². The van der Waals surface area contributed by atoms with E-state index in [2.05, 4.69) is 5.32 Å². The molecule has 1 N–H and O–H groups in total. The number of benzene rings is 2. The lowest BCUT2D eigenvalue weighted by molar-refractivity contribution is -0.119. The smallest absolute Gasteiger partial charge is 0.338 e. The molecule has 0 unspecified atom stereocenters. The van der Waals surface area contributed by atoms with E-state index in [4.69, 9.17) is 31.1 Å². The highest BCUT2D eigenvalue weighted by atomic mass is 35.5. The lowest BCUT2D eigenvalue weighted by Crippen LogP contribution is -2.20. The van der Waals surface area contributed by atoms with Crippen LogP contribution in [0.3, 0.4) is 0 Å². The van der Waals surface area contributed by atoms with Gasteiger partial charge in [-0.1, -0.05) is 11.6 Å². The first-order valence-electron chi connectivity index (χ1n) is 7.13. The first-order valence-corrected chi connectivity index (χ1v) is 7.51. The van der Waals surface area contributed by atoms with Gasteiger partial charge in [-0.15, -0.1) is 0 Å². The van der Waals surface area contributed by atoms with Gasteiger partial charge in [0.2, 0.25) is 6.79 Å². The average molecular weight is 359 g/mol. The molecule has 25 heavy (non-hydrogen) atoms. The van der Waals surface area contributed by atoms with Crippen molar-refractivity contribution in [3.8, 4) is 17.6 Å². The highest BCUT2D eigenvalue weighted by molar-refractivity contribution is 6.32. The van der Waals surface area contributed by atoms with Gasteiger partial charge in [0, 0.05) is 5.69 Å². The van der Waals surface area contributed by atoms with Crippen molar-refractivity contribution in [2.75, 3.05) is 18.7 Å². The normalized spacial score (nSPS) is 11.5. The molecule has 1 heterocycles. The van der Waals surface area contributed by atoms with Gasteiger partial charge in [0.15, 0.2) is 18.1 Å². The monoisotopic (exact) mass is 358 g/mol. The lowest BCUT2D eigenvalue weighted by atomic mass is 10.2. The summed E-state index contributed by atoms with van der Waals surface area (Å²) in [5.41, 5.74) is 0.945. The number of esters is 1. The molecule has 1 aliphatic rings. The van der Waals surface area contributed by atoms with Crippen LogP contribution in [0.25, 0.3) is 0 Å². The first-order chi connectivity index (χ1) is 12.1. The van der Waals surface area contributed by atoms with E-state index in [0.29, 0.717) is 22.7 Å². The highest BCUT2D eigenvalue weighted by Gasteiger charge is 2.17. The second-order valence-electron chi connectivity index (χ2n) is 5.00. The molecule has 2 aromatic rings. The molecule has 7 nitrogen and oxygen atoms in total. The Labute approximate surface area is 147 Å². The number of anilines is 1. The Balaban J connectivity index is 1.56. The van der Waals surface area contributed by atoms with Gasteiger partial charge in [0.05, 0.1) is 16.1 Å². The van der Waals surface area contributed by atoms with Crippen molar-refractivity contribution < 1.29 is 23.8 Å². The molecular weight excluding hydrogens is 348 g/mol. The number of rotatable bonds is 4. The molecule has 0 saturated carbocycles. The van der Waals surface area contributed by atoms with E-state index >= 15 is 0 Å². The number of nitrogens with one attached hydrogen (secondary N) is 1. The third-order valence-electron chi connectivity index (χ3n) is 3.32. The van der Waals surface area contributed by atoms with Crippen LogP contribution in [0.5, 0.6) is 11.5 Å². The van der Waals surface area contributed by atoms with Crippen LogP contribution in [0.1, 0.15) is 15.9 Å². The first kappa shape index (κ1) is 16.6. The molecule has 8 heteroatoms. The van der Waals surface area contributed by atoms with E-state index < -0.39 is 18.5 Å². The maximum absolute atomic E-state index is 12.0. The Kier molecular flexibility index (Phi) is 4.73. The summed E-state index contributed by atoms with van der Waals surface area (Å²) in [5, 5.41) is 11.6. The van der Waals surface area contributed by atoms with Crippen LogP contribution in [0.4, 0.5) is 5.69 Å². The number of hydrogen-bond acceptors (Lipinski definition) is 6. The third-order valence-corrected chi connectivity index (χ3v) is 3.63. The fourth-order valence-electron chi connectivity index (χ4n) is 2.12. The summed E-state index contributed by atoms with van der Waals surface area (Å²) >= 11 is 5.89. The van der Waals surface area contributed by atoms with E-state index in [0.717, 1.165) is 0 Å². The Hall–Kier alpha value is -3.24. The van der Waals surface area contributed by atoms with Crippen molar-refractivity contribution >= 4 is 29.2 Å². The van der Waals surface area contributed by atoms with Crippen molar-refractivity contribution in [3.05, 3.63) is 52.5 Å². The van der Waals surface area contributed by atoms with Crippen LogP contribution in [0.15, 0.2) is 36.4 Å². The Morgan fingerprint density at radius 1 is 1.20 bits per heavy atom. The summed E-state index contributed by atoms with van der Waals surface area (Å²) in [5.74, 6) is -0.195. The quantitative estimate of drug-likeness (QED) is 0.844. The number of hydrogen-bond donors (Lipinski definition) is 1. The summed E-state index contributed by atoms with van der Waals surface area (Å²) in [6.45, 7) is -0.367. The molecule has 3 rings (SSSR count). The van der Waals surface area contributed by atoms with Crippen LogP contribution in [-0.2, 0) is 9.53 Å². The minimum absolute atomic E-state index is 0.101. The SMILES string of the molecule is N#Cc1ccc(NC(=O)COC(=O)c2ccc3c(c2)OCO3)cc1Cl. The summed E-state index contributed by atoms with van der Waals surface area (Å²) < 4.78 is 15.3. The maximum atomic E-state index is 12.0. The number of amides is 1. The minimum Gasteiger partial charge on any atom is -0.454 e. The van der Waals surface area contributed by atoms with Crippen molar-refractivity contribution in [1.29, 1.82) is 5.26 Å². The molecule has 0 aliphatic carbocycles. The molecule has 0 bridgehead atoms. The molecule has 0 radical (unpaired) electrons. The molecule has 0 fully saturated rings. The van der Waals surface area contributed by atoms with Crippen LogP contribution in [0, 0.1) is 11.3 Å². The average Bonchev–Trinajstić information content (AvgIpc) is 3.07. The summed E-state index contributed by atoms with van der Waals surface area (Å²) in [6.07, 6.45) is 0. The molecule has 1 aliphatic heterocycles. The summed E-state index contributed by atoms with van der Waals surface area (Å²) in [6, 6.07) is 11.0. The Bertz CT molecular complexity index is 891. The predicted octanol–water partition coefficient (Wildman–Crippen LogP) is 2.74. The topological polar surface area (TPSA) is 97.7 Å². The van der Waals surface area contributed by atoms with Gasteiger partial charge < -0.3 is 19.5 Å². The maximum Gasteiger partial charge on any atom is 0.338 e. The van der Waals surface area contributed by atoms with Crippen molar-refractivity contribution in [3.63, 3.8) is 0 Å². The molecule has 0 spiro atoms. The standard InChI is InChI=1S/C17H11ClN2O5/c18-13-6-12(3-1-11(13)7-19)20-16(21)8-23-17(22)10-2-4-14-15(5-10)25-9-24-14/h1-6H,8-9H2,(H,20,21). The van der Waals surface area contributed by atoms with E-state index in [1.165, 1.54) is 30.3 Å². The molecule has 0 atom stereocenters. The molecule has 0 saturated heterocycles. The third kappa shape index (κ3) is 3.82. The second-order valence-corrected chi connectivity index (χ2v) is 5.41. The van der Waals surface area contributed by atoms with Gasteiger partial charge in [0.1, 0.15) is 6.07 Å². The van der Waals surface area contributed by atoms with Crippen LogP contribution >= 0.6 is 11.6 Å². The van der Waals surface area contributed by atoms with Crippen LogP contribution in [-0.4, -0.2) is 25.3 Å². The lowest BCUT2D eigenvalue weighted by Gasteiger charge is -2.08. The molecule has 1 amide bonds. The highest BCUT2D eigenvalue weighted by Crippen LogP contribution is 2.32. The molecule has 126 valence electrons. The number of nitriles is 1. The minimum atomic E-state index is -0.661. The second kappa shape index (κ2) is 7.11. The number of carbonyl (C=O) groups is 2. The van der Waals surface area contributed by atoms with Gasteiger partial charge in [-0.25, -0.2) is 4.79 Å². The Morgan fingerprint density at radius 3 is 2.76 bits per heavy atom. The van der Waals surface area contributed by atoms with E-state index in [1.54, 1.807) is 6.07 Å². The van der Waals surface area contributed by atoms with Crippen molar-refractivity contribution in [2.45, 2.75) is 0 Å². The largest absolute Gasteiger partial charge is 0.454 e. The van der Waals surface area contributed by atoms with Gasteiger partial charge >= 0.3 is 5.97 Å². The van der Waals surface area contributed by atoms with Gasteiger partial charge in [-0.3, -0.25) is 4.79 Å². The Morgan fingerprint density at radius 2 is 2.00 bits per heavy atom. The number of halogens is 1. The van der Waals surface area contributed by atoms with Crippen molar-refractivity contribution in [2.24, 2.45) is 0 Å². The summed E-state index contributed by atoms with van der Waals surface area (Å²) in [7, 11) is 0. The van der Waals surface area contributed by atoms with Gasteiger partial charge in [-0.2, -0.15) is 5.26 Å². The number of nitrogens with zero attached hydrogens (tertiary/aromatic N) is 1. The zero-order valence-corrected chi connectivity index (χ0v) is 13.5. The zero-order valence-electron chi connectivity index (χ0n) is 12.7. The predicted molar refractivity (Wildman–Crippen MR) is 87.6 cm³/mol. The van der Waals surface area contributed by atoms with Crippen LogP contribution in [0.2, 0.25) is 5.02 Å². The number of ether oxygens (including phenoxy) is 3. The summed E-state index contributed by atoms with van der Waals surface area (Å²) in [4.78, 5) is 23.8.